The van der Waals surface area contributed by atoms with Crippen molar-refractivity contribution in [2.24, 2.45) is 0 Å². The van der Waals surface area contributed by atoms with Crippen LogP contribution in [0.2, 0.25) is 0 Å². The van der Waals surface area contributed by atoms with E-state index in [0.717, 1.165) is 17.7 Å². The zero-order chi connectivity index (χ0) is 18.0. The molecule has 1 aliphatic heterocycles. The van der Waals surface area contributed by atoms with Crippen molar-refractivity contribution < 1.29 is 9.72 Å². The molecule has 25 heavy (non-hydrogen) atoms. The summed E-state index contributed by atoms with van der Waals surface area (Å²) in [4.78, 5) is 25.1. The second-order valence-electron chi connectivity index (χ2n) is 6.25. The summed E-state index contributed by atoms with van der Waals surface area (Å²) < 4.78 is 0. The van der Waals surface area contributed by atoms with E-state index in [-0.39, 0.29) is 22.9 Å². The van der Waals surface area contributed by atoms with Gasteiger partial charge in [-0.3, -0.25) is 14.9 Å². The molecule has 2 aromatic rings. The predicted molar refractivity (Wildman–Crippen MR) is 101 cm³/mol. The number of carbonyl (C=O) groups is 1. The van der Waals surface area contributed by atoms with Gasteiger partial charge in [-0.25, -0.2) is 0 Å². The summed E-state index contributed by atoms with van der Waals surface area (Å²) in [7, 11) is 0. The Labute approximate surface area is 151 Å². The number of rotatable bonds is 5. The molecule has 0 saturated heterocycles. The van der Waals surface area contributed by atoms with E-state index in [0.29, 0.717) is 5.75 Å². The van der Waals surface area contributed by atoms with Crippen molar-refractivity contribution in [2.75, 3.05) is 10.7 Å². The minimum absolute atomic E-state index is 0.0111. The molecule has 2 atom stereocenters. The summed E-state index contributed by atoms with van der Waals surface area (Å²) in [6.07, 6.45) is 0.882. The highest BCUT2D eigenvalue weighted by Gasteiger charge is 2.30. The van der Waals surface area contributed by atoms with Gasteiger partial charge in [0, 0.05) is 29.1 Å². The molecule has 0 unspecified atom stereocenters. The molecule has 1 aliphatic rings. The van der Waals surface area contributed by atoms with Crippen molar-refractivity contribution in [1.29, 1.82) is 0 Å². The molecule has 1 amide bonds. The second-order valence-corrected chi connectivity index (χ2v) is 7.58. The quantitative estimate of drug-likeness (QED) is 0.589. The third-order valence-corrected chi connectivity index (χ3v) is 5.67. The highest BCUT2D eigenvalue weighted by molar-refractivity contribution is 8.00. The molecule has 0 spiro atoms. The number of non-ortho nitro benzene ring substituents is 1. The Morgan fingerprint density at radius 1 is 1.32 bits per heavy atom. The standard InChI is InChI=1S/C19H20N2O3S/c1-13-10-16-6-3-4-9-18(16)20(13)19(22)12-25-14(2)15-7-5-8-17(11-15)21(23)24/h3-9,11,13-14H,10,12H2,1-2H3/t13-,14+/m1/s1. The minimum atomic E-state index is -0.394. The SMILES string of the molecule is C[C@H](SCC(=O)N1c2ccccc2C[C@H]1C)c1cccc([N+](=O)[O-])c1. The van der Waals surface area contributed by atoms with E-state index >= 15 is 0 Å². The number of nitro benzene ring substituents is 1. The Morgan fingerprint density at radius 3 is 2.84 bits per heavy atom. The highest BCUT2D eigenvalue weighted by Crippen LogP contribution is 2.34. The largest absolute Gasteiger partial charge is 0.308 e. The lowest BCUT2D eigenvalue weighted by molar-refractivity contribution is -0.384. The summed E-state index contributed by atoms with van der Waals surface area (Å²) in [6.45, 7) is 4.03. The van der Waals surface area contributed by atoms with Crippen LogP contribution in [-0.4, -0.2) is 22.6 Å². The number of hydrogen-bond donors (Lipinski definition) is 0. The van der Waals surface area contributed by atoms with Crippen LogP contribution in [0.25, 0.3) is 0 Å². The van der Waals surface area contributed by atoms with E-state index < -0.39 is 4.92 Å². The molecule has 0 aromatic heterocycles. The number of thioether (sulfide) groups is 1. The van der Waals surface area contributed by atoms with Crippen LogP contribution in [0.5, 0.6) is 0 Å². The molecular weight excluding hydrogens is 336 g/mol. The fraction of sp³-hybridized carbons (Fsp3) is 0.316. The average molecular weight is 356 g/mol. The van der Waals surface area contributed by atoms with Gasteiger partial charge in [-0.2, -0.15) is 0 Å². The minimum Gasteiger partial charge on any atom is -0.308 e. The Balaban J connectivity index is 1.66. The lowest BCUT2D eigenvalue weighted by Gasteiger charge is -2.23. The molecule has 0 saturated carbocycles. The molecule has 0 bridgehead atoms. The third-order valence-electron chi connectivity index (χ3n) is 4.48. The van der Waals surface area contributed by atoms with Gasteiger partial charge in [0.15, 0.2) is 0 Å². The summed E-state index contributed by atoms with van der Waals surface area (Å²) in [5.74, 6) is 0.433. The van der Waals surface area contributed by atoms with Crippen LogP contribution in [0.4, 0.5) is 11.4 Å². The lowest BCUT2D eigenvalue weighted by Crippen LogP contribution is -2.37. The first-order valence-electron chi connectivity index (χ1n) is 8.23. The van der Waals surface area contributed by atoms with Crippen LogP contribution in [0.15, 0.2) is 48.5 Å². The van der Waals surface area contributed by atoms with Crippen molar-refractivity contribution in [3.05, 3.63) is 69.8 Å². The fourth-order valence-corrected chi connectivity index (χ4v) is 4.07. The van der Waals surface area contributed by atoms with Crippen LogP contribution < -0.4 is 4.90 Å². The normalized spacial score (nSPS) is 17.2. The molecule has 0 fully saturated rings. The van der Waals surface area contributed by atoms with E-state index in [9.17, 15) is 14.9 Å². The number of nitrogens with zero attached hydrogens (tertiary/aromatic N) is 2. The van der Waals surface area contributed by atoms with Gasteiger partial charge in [0.1, 0.15) is 0 Å². The van der Waals surface area contributed by atoms with Crippen LogP contribution in [0.3, 0.4) is 0 Å². The molecular formula is C19H20N2O3S. The highest BCUT2D eigenvalue weighted by atomic mass is 32.2. The molecule has 130 valence electrons. The van der Waals surface area contributed by atoms with Crippen molar-refractivity contribution in [2.45, 2.75) is 31.6 Å². The Hall–Kier alpha value is -2.34. The zero-order valence-corrected chi connectivity index (χ0v) is 15.0. The van der Waals surface area contributed by atoms with E-state index in [2.05, 4.69) is 13.0 Å². The zero-order valence-electron chi connectivity index (χ0n) is 14.2. The third kappa shape index (κ3) is 3.69. The van der Waals surface area contributed by atoms with Crippen LogP contribution in [0.1, 0.15) is 30.2 Å². The van der Waals surface area contributed by atoms with Crippen LogP contribution in [0, 0.1) is 10.1 Å². The monoisotopic (exact) mass is 356 g/mol. The van der Waals surface area contributed by atoms with Crippen molar-refractivity contribution in [3.8, 4) is 0 Å². The van der Waals surface area contributed by atoms with Crippen LogP contribution in [-0.2, 0) is 11.2 Å². The van der Waals surface area contributed by atoms with Gasteiger partial charge in [-0.05, 0) is 37.5 Å². The lowest BCUT2D eigenvalue weighted by atomic mass is 10.1. The Morgan fingerprint density at radius 2 is 2.08 bits per heavy atom. The molecule has 6 heteroatoms. The average Bonchev–Trinajstić information content (AvgIpc) is 2.95. The smallest absolute Gasteiger partial charge is 0.269 e. The molecule has 0 aliphatic carbocycles. The van der Waals surface area contributed by atoms with Gasteiger partial charge in [-0.1, -0.05) is 30.3 Å². The van der Waals surface area contributed by atoms with Crippen molar-refractivity contribution >= 4 is 29.0 Å². The number of fused-ring (bicyclic) bond motifs is 1. The van der Waals surface area contributed by atoms with E-state index in [1.807, 2.05) is 36.1 Å². The van der Waals surface area contributed by atoms with Crippen molar-refractivity contribution in [1.82, 2.24) is 0 Å². The van der Waals surface area contributed by atoms with Gasteiger partial charge < -0.3 is 4.90 Å². The Kier molecular flexibility index (Phi) is 5.08. The van der Waals surface area contributed by atoms with Crippen molar-refractivity contribution in [3.63, 3.8) is 0 Å². The molecule has 3 rings (SSSR count). The predicted octanol–water partition coefficient (Wildman–Crippen LogP) is 4.37. The summed E-state index contributed by atoms with van der Waals surface area (Å²) in [5.41, 5.74) is 3.16. The van der Waals surface area contributed by atoms with E-state index in [1.165, 1.54) is 23.4 Å². The van der Waals surface area contributed by atoms with Gasteiger partial charge in [0.05, 0.1) is 10.7 Å². The van der Waals surface area contributed by atoms with E-state index in [4.69, 9.17) is 0 Å². The maximum absolute atomic E-state index is 12.7. The maximum atomic E-state index is 12.7. The summed E-state index contributed by atoms with van der Waals surface area (Å²) >= 11 is 1.51. The first-order chi connectivity index (χ1) is 12.0. The fourth-order valence-electron chi connectivity index (χ4n) is 3.20. The first-order valence-corrected chi connectivity index (χ1v) is 9.28. The van der Waals surface area contributed by atoms with Crippen LogP contribution >= 0.6 is 11.8 Å². The number of nitro groups is 1. The number of anilines is 1. The maximum Gasteiger partial charge on any atom is 0.269 e. The topological polar surface area (TPSA) is 63.5 Å². The second kappa shape index (κ2) is 7.27. The Bertz CT molecular complexity index is 809. The number of benzene rings is 2. The van der Waals surface area contributed by atoms with Gasteiger partial charge in [0.2, 0.25) is 5.91 Å². The molecule has 0 radical (unpaired) electrons. The summed E-state index contributed by atoms with van der Waals surface area (Å²) in [6, 6.07) is 14.8. The van der Waals surface area contributed by atoms with Gasteiger partial charge in [0.25, 0.3) is 5.69 Å². The molecule has 5 nitrogen and oxygen atoms in total. The summed E-state index contributed by atoms with van der Waals surface area (Å²) in [5, 5.41) is 10.9. The number of amides is 1. The number of carbonyl (C=O) groups excluding carboxylic acids is 1. The number of hydrogen-bond acceptors (Lipinski definition) is 4. The van der Waals surface area contributed by atoms with Gasteiger partial charge >= 0.3 is 0 Å². The molecule has 2 aromatic carbocycles. The van der Waals surface area contributed by atoms with Gasteiger partial charge in [-0.15, -0.1) is 11.8 Å². The molecule has 0 N–H and O–H groups in total. The first kappa shape index (κ1) is 17.5. The molecule has 1 heterocycles. The number of para-hydroxylation sites is 1. The van der Waals surface area contributed by atoms with E-state index in [1.54, 1.807) is 12.1 Å².